The largest absolute Gasteiger partial charge is 0.507 e. The normalized spacial score (nSPS) is 14.5. The molecular weight excluding hydrogens is 1020 g/mol. The number of rotatable bonds is 49. The molecule has 0 fully saturated rings. The van der Waals surface area contributed by atoms with Crippen LogP contribution in [0.3, 0.4) is 0 Å². The van der Waals surface area contributed by atoms with Gasteiger partial charge in [0.25, 0.3) is 11.8 Å². The van der Waals surface area contributed by atoms with E-state index >= 15 is 9.59 Å². The maximum absolute atomic E-state index is 15.6. The third kappa shape index (κ3) is 23.4. The van der Waals surface area contributed by atoms with Gasteiger partial charge in [0.1, 0.15) is 17.3 Å². The number of allylic oxidation sites excluding steroid dienone is 1. The number of hydrogen-bond donors (Lipinski definition) is 1. The number of anilines is 2. The van der Waals surface area contributed by atoms with Crippen LogP contribution in [0.4, 0.5) is 11.4 Å². The maximum atomic E-state index is 15.6. The van der Waals surface area contributed by atoms with Crippen LogP contribution >= 0.6 is 11.3 Å². The second kappa shape index (κ2) is 39.9. The van der Waals surface area contributed by atoms with E-state index in [2.05, 4.69) is 84.6 Å². The van der Waals surface area contributed by atoms with E-state index in [1.807, 2.05) is 23.1 Å². The van der Waals surface area contributed by atoms with Gasteiger partial charge in [0.15, 0.2) is 0 Å². The van der Waals surface area contributed by atoms with Gasteiger partial charge in [0.05, 0.1) is 27.4 Å². The highest BCUT2D eigenvalue weighted by molar-refractivity contribution is 7.15. The lowest BCUT2D eigenvalue weighted by molar-refractivity contribution is -0.114. The minimum absolute atomic E-state index is 0.0103. The summed E-state index contributed by atoms with van der Waals surface area (Å²) >= 11 is 1.76. The molecule has 0 aliphatic carbocycles. The molecule has 2 aliphatic heterocycles. The molecule has 2 amide bonds. The van der Waals surface area contributed by atoms with E-state index in [0.717, 1.165) is 64.6 Å². The van der Waals surface area contributed by atoms with Crippen molar-refractivity contribution >= 4 is 45.7 Å². The number of benzene rings is 1. The Kier molecular flexibility index (Phi) is 33.7. The Labute approximate surface area is 507 Å². The fourth-order valence-corrected chi connectivity index (χ4v) is 14.0. The molecule has 462 valence electrons. The van der Waals surface area contributed by atoms with Crippen LogP contribution in [0.2, 0.25) is 0 Å². The van der Waals surface area contributed by atoms with E-state index in [4.69, 9.17) is 4.42 Å². The Bertz CT molecular complexity index is 2400. The highest BCUT2D eigenvalue weighted by Gasteiger charge is 2.39. The number of hydrogen-bond acceptors (Lipinski definition) is 5. The smallest absolute Gasteiger partial charge is 0.262 e. The van der Waals surface area contributed by atoms with E-state index in [1.165, 1.54) is 236 Å². The molecule has 2 unspecified atom stereocenters. The molecule has 6 nitrogen and oxygen atoms in total. The minimum atomic E-state index is -0.104. The number of carbonyl (C=O) groups is 2. The summed E-state index contributed by atoms with van der Waals surface area (Å²) in [7, 11) is 0. The Morgan fingerprint density at radius 3 is 1.23 bits per heavy atom. The van der Waals surface area contributed by atoms with Crippen molar-refractivity contribution in [2.24, 2.45) is 11.8 Å². The van der Waals surface area contributed by atoms with Crippen molar-refractivity contribution in [3.63, 3.8) is 0 Å². The van der Waals surface area contributed by atoms with Crippen molar-refractivity contribution in [2.75, 3.05) is 22.9 Å². The quantitative estimate of drug-likeness (QED) is 0.0452. The predicted molar refractivity (Wildman–Crippen MR) is 357 cm³/mol. The van der Waals surface area contributed by atoms with Crippen molar-refractivity contribution in [1.82, 2.24) is 0 Å². The summed E-state index contributed by atoms with van der Waals surface area (Å²) in [5.41, 5.74) is 2.68. The molecule has 82 heavy (non-hydrogen) atoms. The number of furan rings is 1. The zero-order valence-corrected chi connectivity index (χ0v) is 55.1. The van der Waals surface area contributed by atoms with Gasteiger partial charge >= 0.3 is 0 Å². The highest BCUT2D eigenvalue weighted by Crippen LogP contribution is 2.39. The first-order chi connectivity index (χ1) is 40.0. The molecule has 5 rings (SSSR count). The van der Waals surface area contributed by atoms with Crippen LogP contribution in [0.25, 0.3) is 21.8 Å². The van der Waals surface area contributed by atoms with E-state index in [1.54, 1.807) is 11.3 Å². The monoisotopic (exact) mass is 1150 g/mol. The van der Waals surface area contributed by atoms with Crippen molar-refractivity contribution in [2.45, 2.75) is 330 Å². The van der Waals surface area contributed by atoms with Gasteiger partial charge in [0.2, 0.25) is 0 Å². The number of aliphatic hydroxyl groups is 1. The number of thiophene rings is 1. The third-order valence-corrected chi connectivity index (χ3v) is 19.7. The van der Waals surface area contributed by atoms with Crippen LogP contribution in [-0.4, -0.2) is 30.0 Å². The standard InChI is InChI=1S/C75H122N2O4S/c1-9-14-19-23-27-31-33-37-41-45-48-60(47-43-39-35-29-25-21-16-11-3)58-76-64-57-63-65(56-62(64)71(73(76)79)66(78)51-18-13-5)77(74(80)72(63)68-53-52-67(81-68)69-54-55-70(82-69)75(6,7)8)59-61(49-44-40-36-30-26-22-17-12-4)50-46-42-38-34-32-28-24-20-15-10-2/h51-57,60-61,78H,9-50,58-59H2,1-8H3/b66-51-. The van der Waals surface area contributed by atoms with Gasteiger partial charge in [-0.1, -0.05) is 293 Å². The highest BCUT2D eigenvalue weighted by atomic mass is 32.1. The lowest BCUT2D eigenvalue weighted by atomic mass is 9.93. The van der Waals surface area contributed by atoms with Crippen molar-refractivity contribution < 1.29 is 19.1 Å². The van der Waals surface area contributed by atoms with E-state index in [-0.39, 0.29) is 23.0 Å². The van der Waals surface area contributed by atoms with Crippen LogP contribution in [0.5, 0.6) is 0 Å². The summed E-state index contributed by atoms with van der Waals surface area (Å²) in [6, 6.07) is 12.7. The Hall–Kier alpha value is -3.58. The lowest BCUT2D eigenvalue weighted by Crippen LogP contribution is -2.35. The first kappa shape index (κ1) is 69.2. The number of aliphatic hydroxyl groups excluding tert-OH is 1. The molecule has 0 spiro atoms. The Morgan fingerprint density at radius 2 is 0.841 bits per heavy atom. The summed E-state index contributed by atoms with van der Waals surface area (Å²) in [4.78, 5) is 37.4. The van der Waals surface area contributed by atoms with Crippen LogP contribution in [0, 0.1) is 11.8 Å². The number of unbranched alkanes of at least 4 members (excludes halogenated alkanes) is 33. The molecule has 1 N–H and O–H groups in total. The number of carbonyl (C=O) groups excluding carboxylic acids is 2. The van der Waals surface area contributed by atoms with E-state index < -0.39 is 0 Å². The summed E-state index contributed by atoms with van der Waals surface area (Å²) in [5.74, 6) is 2.02. The molecule has 1 aromatic carbocycles. The SMILES string of the molecule is CCC/C=C(\O)C1=c2cc3c(cc2N(CC(CCCCCCCCCC)CCCCCCCCCCCC)C1=O)=C(c1ccc(-c2ccc(C(C)(C)C)s2)o1)C(=O)N3CC(CCCCCCCCCC)CCCCCCCCCCCC. The van der Waals surface area contributed by atoms with E-state index in [0.29, 0.717) is 48.3 Å². The van der Waals surface area contributed by atoms with Crippen molar-refractivity contribution in [3.05, 3.63) is 69.3 Å². The molecule has 7 heteroatoms. The van der Waals surface area contributed by atoms with Gasteiger partial charge in [-0.15, -0.1) is 11.3 Å². The molecule has 2 aromatic heterocycles. The minimum Gasteiger partial charge on any atom is -0.507 e. The van der Waals surface area contributed by atoms with Crippen molar-refractivity contribution in [3.8, 4) is 10.6 Å². The Balaban J connectivity index is 1.51. The molecule has 2 atom stereocenters. The average molecular weight is 1150 g/mol. The van der Waals surface area contributed by atoms with Crippen molar-refractivity contribution in [1.29, 1.82) is 0 Å². The van der Waals surface area contributed by atoms with Crippen LogP contribution in [0.1, 0.15) is 336 Å². The zero-order chi connectivity index (χ0) is 58.8. The first-order valence-corrected chi connectivity index (χ1v) is 35.9. The van der Waals surface area contributed by atoms with Gasteiger partial charge in [0, 0.05) is 28.4 Å². The van der Waals surface area contributed by atoms with Gasteiger partial charge in [-0.2, -0.15) is 0 Å². The summed E-state index contributed by atoms with van der Waals surface area (Å²) < 4.78 is 6.85. The molecule has 0 radical (unpaired) electrons. The van der Waals surface area contributed by atoms with Gasteiger partial charge in [-0.3, -0.25) is 9.59 Å². The fourth-order valence-electron chi connectivity index (χ4n) is 13.0. The lowest BCUT2D eigenvalue weighted by Gasteiger charge is -2.27. The van der Waals surface area contributed by atoms with Gasteiger partial charge in [-0.05, 0) is 91.8 Å². The third-order valence-electron chi connectivity index (χ3n) is 18.2. The number of amides is 2. The molecule has 0 bridgehead atoms. The average Bonchev–Trinajstić information content (AvgIpc) is 2.22. The van der Waals surface area contributed by atoms with Gasteiger partial charge < -0.3 is 19.3 Å². The summed E-state index contributed by atoms with van der Waals surface area (Å²) in [6.07, 6.45) is 54.6. The second-order valence-corrected chi connectivity index (χ2v) is 27.7. The van der Waals surface area contributed by atoms with Crippen LogP contribution in [-0.2, 0) is 15.0 Å². The van der Waals surface area contributed by atoms with Crippen LogP contribution < -0.4 is 20.2 Å². The fraction of sp³-hybridized carbons (Fsp3) is 0.733. The topological polar surface area (TPSA) is 74.0 Å². The first-order valence-electron chi connectivity index (χ1n) is 35.1. The van der Waals surface area contributed by atoms with E-state index in [9.17, 15) is 5.11 Å². The molecule has 0 saturated heterocycles. The summed E-state index contributed by atoms with van der Waals surface area (Å²) in [6.45, 7) is 19.3. The zero-order valence-electron chi connectivity index (χ0n) is 54.3. The molecule has 3 aromatic rings. The molecular formula is C75H122N2O4S. The summed E-state index contributed by atoms with van der Waals surface area (Å²) in [5, 5.41) is 13.6. The molecule has 2 aliphatic rings. The second-order valence-electron chi connectivity index (χ2n) is 26.6. The molecule has 4 heterocycles. The number of fused-ring (bicyclic) bond motifs is 2. The maximum Gasteiger partial charge on any atom is 0.262 e. The Morgan fingerprint density at radius 1 is 0.476 bits per heavy atom. The van der Waals surface area contributed by atoms with Crippen LogP contribution in [0.15, 0.2) is 52.7 Å². The van der Waals surface area contributed by atoms with Gasteiger partial charge in [-0.25, -0.2) is 0 Å². The molecule has 0 saturated carbocycles. The number of nitrogens with zero attached hydrogens (tertiary/aromatic N) is 2. The predicted octanol–water partition coefficient (Wildman–Crippen LogP) is 22.5.